The van der Waals surface area contributed by atoms with Crippen LogP contribution in [0.4, 0.5) is 0 Å². The Balaban J connectivity index is 1.24. The fraction of sp³-hybridized carbons (Fsp3) is 0. The molecule has 1 heterocycles. The summed E-state index contributed by atoms with van der Waals surface area (Å²) in [6.07, 6.45) is 0. The van der Waals surface area contributed by atoms with Crippen LogP contribution in [0.15, 0.2) is 271 Å². The summed E-state index contributed by atoms with van der Waals surface area (Å²) in [5.41, 5.74) is 19.6. The third kappa shape index (κ3) is 8.45. The first-order valence-corrected chi connectivity index (χ1v) is 24.4. The zero-order chi connectivity index (χ0) is 44.1. The van der Waals surface area contributed by atoms with Crippen LogP contribution in [-0.2, 0) is 0 Å². The summed E-state index contributed by atoms with van der Waals surface area (Å²) in [4.78, 5) is 10.8. The molecule has 0 spiro atoms. The van der Waals surface area contributed by atoms with Gasteiger partial charge in [0.05, 0.1) is 0 Å². The van der Waals surface area contributed by atoms with E-state index in [0.29, 0.717) is 0 Å². The summed E-state index contributed by atoms with van der Waals surface area (Å²) in [6, 6.07) is 93.9. The van der Waals surface area contributed by atoms with Gasteiger partial charge < -0.3 is 0 Å². The number of hydrogen-bond donors (Lipinski definition) is 0. The summed E-state index contributed by atoms with van der Waals surface area (Å²) in [6.45, 7) is 0. The van der Waals surface area contributed by atoms with E-state index in [1.54, 1.807) is 0 Å². The quantitative estimate of drug-likeness (QED) is 0.122. The lowest BCUT2D eigenvalue weighted by Crippen LogP contribution is -2.11. The molecule has 3 heteroatoms. The molecule has 0 fully saturated rings. The second-order valence-corrected chi connectivity index (χ2v) is 18.8. The fourth-order valence-electron chi connectivity index (χ4n) is 8.90. The van der Waals surface area contributed by atoms with Crippen molar-refractivity contribution in [2.75, 3.05) is 0 Å². The summed E-state index contributed by atoms with van der Waals surface area (Å²) in [5, 5.41) is 0. The van der Waals surface area contributed by atoms with Crippen LogP contribution in [-0.4, -0.2) is 13.2 Å². The molecule has 0 aliphatic carbocycles. The summed E-state index contributed by atoms with van der Waals surface area (Å²) < 4.78 is 2.18. The van der Waals surface area contributed by atoms with Gasteiger partial charge in [0.25, 0.3) is 0 Å². The van der Waals surface area contributed by atoms with Gasteiger partial charge in [-0.25, -0.2) is 9.98 Å². The van der Waals surface area contributed by atoms with E-state index < -0.39 is 20.7 Å². The predicted molar refractivity (Wildman–Crippen MR) is 289 cm³/mol. The van der Waals surface area contributed by atoms with Crippen molar-refractivity contribution >= 4 is 33.9 Å². The van der Waals surface area contributed by atoms with Crippen LogP contribution >= 0.6 is 20.7 Å². The molecule has 10 aromatic rings. The number of rotatable bonds is 10. The van der Waals surface area contributed by atoms with Crippen molar-refractivity contribution < 1.29 is 0 Å². The maximum atomic E-state index is 5.52. The Labute approximate surface area is 396 Å². The van der Waals surface area contributed by atoms with Gasteiger partial charge in [-0.05, 0) is 129 Å². The average Bonchev–Trinajstić information content (AvgIpc) is 3.41. The molecule has 0 N–H and O–H groups in total. The lowest BCUT2D eigenvalue weighted by molar-refractivity contribution is 1.50. The number of nitrogens with zero attached hydrogens (tertiary/aromatic N) is 2. The zero-order valence-corrected chi connectivity index (χ0v) is 38.3. The van der Waals surface area contributed by atoms with Crippen molar-refractivity contribution in [3.63, 3.8) is 0 Å². The van der Waals surface area contributed by atoms with Gasteiger partial charge in [0.15, 0.2) is 5.84 Å². The highest BCUT2D eigenvalue weighted by molar-refractivity contribution is 14.2. The van der Waals surface area contributed by atoms with Crippen molar-refractivity contribution in [2.45, 2.75) is 0 Å². The van der Waals surface area contributed by atoms with Crippen molar-refractivity contribution in [3.8, 4) is 77.9 Å². The van der Waals surface area contributed by atoms with Crippen LogP contribution in [0.3, 0.4) is 0 Å². The minimum atomic E-state index is -0.817. The molecule has 2 nitrogen and oxygen atoms in total. The molecule has 11 rings (SSSR count). The van der Waals surface area contributed by atoms with E-state index in [9.17, 15) is 0 Å². The van der Waals surface area contributed by atoms with Crippen LogP contribution in [0.5, 0.6) is 0 Å². The molecule has 0 amide bonds. The van der Waals surface area contributed by atoms with Gasteiger partial charge in [0.2, 0.25) is 0 Å². The molecule has 0 radical (unpaired) electrons. The fourth-order valence-corrected chi connectivity index (χ4v) is 11.4. The Morgan fingerprint density at radius 1 is 0.227 bits per heavy atom. The van der Waals surface area contributed by atoms with Gasteiger partial charge in [-0.1, -0.05) is 231 Å². The van der Waals surface area contributed by atoms with Crippen LogP contribution in [0.2, 0.25) is 0 Å². The van der Waals surface area contributed by atoms with Gasteiger partial charge >= 0.3 is 0 Å². The standard InChI is InChI=1S/C63H43IN2/c1-8-23-44(24-9-1)54-37-22-38-55(45-25-10-2-11-26-45)60(54)52-39-51(40-53(41-52)62-64-61(49-33-18-6-19-34-49)65-63(66-62)50-35-20-7-21-36-50)59-43-57(47-29-14-4-15-30-47)56(46-27-12-3-13-28-46)42-58(59)48-31-16-5-17-32-48/h1-43H. The van der Waals surface area contributed by atoms with E-state index in [-0.39, 0.29) is 0 Å². The molecule has 0 unspecified atom stereocenters. The number of amidine groups is 1. The molecule has 1 aliphatic heterocycles. The van der Waals surface area contributed by atoms with Crippen molar-refractivity contribution in [2.24, 2.45) is 9.98 Å². The summed E-state index contributed by atoms with van der Waals surface area (Å²) in [5.74, 6) is 0.737. The van der Waals surface area contributed by atoms with Gasteiger partial charge in [-0.15, -0.1) is 0 Å². The molecule has 0 aromatic heterocycles. The van der Waals surface area contributed by atoms with E-state index in [1.807, 2.05) is 6.07 Å². The normalized spacial score (nSPS) is 12.3. The first kappa shape index (κ1) is 40.9. The van der Waals surface area contributed by atoms with E-state index in [4.69, 9.17) is 9.98 Å². The molecule has 1 aliphatic rings. The molecule has 0 saturated heterocycles. The first-order valence-electron chi connectivity index (χ1n) is 22.3. The van der Waals surface area contributed by atoms with Gasteiger partial charge in [0, 0.05) is 16.7 Å². The lowest BCUT2D eigenvalue weighted by atomic mass is 9.83. The van der Waals surface area contributed by atoms with Gasteiger partial charge in [-0.3, -0.25) is 0 Å². The summed E-state index contributed by atoms with van der Waals surface area (Å²) >= 11 is -0.817. The lowest BCUT2D eigenvalue weighted by Gasteiger charge is -2.21. The second-order valence-electron chi connectivity index (χ2n) is 16.3. The SMILES string of the molecule is c1ccc(C2=NC(c3ccccc3)=IC(c3cc(-c4cc(-c5ccccc5)c(-c5ccccc5)cc4-c4ccccc4)cc(-c4c(-c5ccccc5)cccc4-c4ccccc4)c3)=N2)cc1. The van der Waals surface area contributed by atoms with Crippen LogP contribution in [0.1, 0.15) is 16.7 Å². The van der Waals surface area contributed by atoms with Gasteiger partial charge in [0.1, 0.15) is 7.35 Å². The highest BCUT2D eigenvalue weighted by Gasteiger charge is 2.23. The number of halogens is 1. The first-order chi connectivity index (χ1) is 32.7. The largest absolute Gasteiger partial charge is 0.222 e. The monoisotopic (exact) mass is 954 g/mol. The van der Waals surface area contributed by atoms with Crippen molar-refractivity contribution in [3.05, 3.63) is 278 Å². The molecule has 0 saturated carbocycles. The molecular formula is C63H43IN2. The Kier molecular flexibility index (Phi) is 11.6. The Morgan fingerprint density at radius 3 is 0.985 bits per heavy atom. The molecular weight excluding hydrogens is 912 g/mol. The molecule has 312 valence electrons. The predicted octanol–water partition coefficient (Wildman–Crippen LogP) is 16.7. The minimum Gasteiger partial charge on any atom is -0.222 e. The molecule has 66 heavy (non-hydrogen) atoms. The Hall–Kier alpha value is -7.86. The Bertz CT molecular complexity index is 3300. The highest BCUT2D eigenvalue weighted by Crippen LogP contribution is 2.46. The number of hydrogen-bond acceptors (Lipinski definition) is 2. The van der Waals surface area contributed by atoms with Crippen LogP contribution < -0.4 is 0 Å². The van der Waals surface area contributed by atoms with Gasteiger partial charge in [-0.2, -0.15) is 0 Å². The molecule has 10 aromatic carbocycles. The van der Waals surface area contributed by atoms with E-state index in [2.05, 4.69) is 255 Å². The molecule has 0 atom stereocenters. The van der Waals surface area contributed by atoms with Crippen LogP contribution in [0.25, 0.3) is 77.9 Å². The van der Waals surface area contributed by atoms with Crippen molar-refractivity contribution in [1.82, 2.24) is 0 Å². The number of benzene rings is 10. The third-order valence-corrected chi connectivity index (χ3v) is 14.8. The highest BCUT2D eigenvalue weighted by atomic mass is 127. The average molecular weight is 955 g/mol. The van der Waals surface area contributed by atoms with E-state index in [1.165, 1.54) is 55.6 Å². The third-order valence-electron chi connectivity index (χ3n) is 12.0. The topological polar surface area (TPSA) is 24.7 Å². The molecule has 0 bridgehead atoms. The van der Waals surface area contributed by atoms with Crippen LogP contribution in [0, 0.1) is 0 Å². The second kappa shape index (κ2) is 18.7. The maximum absolute atomic E-state index is 5.52. The number of aliphatic imine (C=N–C) groups is 2. The van der Waals surface area contributed by atoms with E-state index in [0.717, 1.165) is 52.1 Å². The Morgan fingerprint density at radius 2 is 0.561 bits per heavy atom. The zero-order valence-electron chi connectivity index (χ0n) is 36.1. The maximum Gasteiger partial charge on any atom is 0.161 e. The van der Waals surface area contributed by atoms with E-state index >= 15 is 0 Å². The van der Waals surface area contributed by atoms with Crippen molar-refractivity contribution in [1.29, 1.82) is 0 Å². The smallest absolute Gasteiger partial charge is 0.161 e. The minimum absolute atomic E-state index is 0.737. The summed E-state index contributed by atoms with van der Waals surface area (Å²) in [7, 11) is 0.